The number of hydrogen-bond acceptors (Lipinski definition) is 7. The van der Waals surface area contributed by atoms with Gasteiger partial charge in [-0.05, 0) is 24.1 Å². The van der Waals surface area contributed by atoms with Gasteiger partial charge < -0.3 is 19.9 Å². The summed E-state index contributed by atoms with van der Waals surface area (Å²) in [5.41, 5.74) is 2.61. The monoisotopic (exact) mass is 453 g/mol. The van der Waals surface area contributed by atoms with E-state index in [1.807, 2.05) is 18.0 Å². The smallest absolute Gasteiger partial charge is 0.249 e. The van der Waals surface area contributed by atoms with Crippen LogP contribution >= 0.6 is 0 Å². The van der Waals surface area contributed by atoms with E-state index >= 15 is 0 Å². The van der Waals surface area contributed by atoms with E-state index in [-0.39, 0.29) is 17.8 Å². The molecule has 1 aromatic carbocycles. The van der Waals surface area contributed by atoms with Crippen LogP contribution in [0.2, 0.25) is 0 Å². The van der Waals surface area contributed by atoms with Crippen LogP contribution < -0.4 is 15.1 Å². The minimum absolute atomic E-state index is 0.0268. The summed E-state index contributed by atoms with van der Waals surface area (Å²) in [4.78, 5) is 25.5. The van der Waals surface area contributed by atoms with Crippen LogP contribution in [0, 0.1) is 5.82 Å². The second-order valence-electron chi connectivity index (χ2n) is 7.94. The molecule has 0 spiro atoms. The third-order valence-electron chi connectivity index (χ3n) is 5.69. The molecule has 0 saturated carbocycles. The molecular weight excluding hydrogens is 425 g/mol. The molecule has 3 heterocycles. The lowest BCUT2D eigenvalue weighted by molar-refractivity contribution is -0.120. The number of aromatic nitrogens is 4. The SMILES string of the molecule is CC[C@@H]1C(=O)N(C)c2cnc(NCc3cnn(Cc4ccc(F)cc4)c3)nc2N1CCOC. The zero-order valence-electron chi connectivity index (χ0n) is 19.0. The lowest BCUT2D eigenvalue weighted by Crippen LogP contribution is -2.53. The van der Waals surface area contributed by atoms with Crippen molar-refractivity contribution in [1.82, 2.24) is 19.7 Å². The van der Waals surface area contributed by atoms with Crippen molar-refractivity contribution in [2.45, 2.75) is 32.5 Å². The van der Waals surface area contributed by atoms with E-state index < -0.39 is 0 Å². The van der Waals surface area contributed by atoms with Gasteiger partial charge in [0.25, 0.3) is 0 Å². The summed E-state index contributed by atoms with van der Waals surface area (Å²) in [7, 11) is 3.40. The molecule has 0 radical (unpaired) electrons. The highest BCUT2D eigenvalue weighted by Gasteiger charge is 2.36. The highest BCUT2D eigenvalue weighted by Crippen LogP contribution is 2.34. The number of rotatable bonds is 9. The van der Waals surface area contributed by atoms with Gasteiger partial charge in [-0.15, -0.1) is 0 Å². The van der Waals surface area contributed by atoms with Crippen LogP contribution in [0.25, 0.3) is 0 Å². The van der Waals surface area contributed by atoms with E-state index in [2.05, 4.69) is 15.4 Å². The summed E-state index contributed by atoms with van der Waals surface area (Å²) in [6.45, 7) is 4.10. The third-order valence-corrected chi connectivity index (χ3v) is 5.69. The summed E-state index contributed by atoms with van der Waals surface area (Å²) in [6, 6.07) is 6.09. The third kappa shape index (κ3) is 4.95. The molecule has 0 unspecified atom stereocenters. The lowest BCUT2D eigenvalue weighted by Gasteiger charge is -2.40. The molecule has 1 atom stereocenters. The molecule has 1 aliphatic rings. The van der Waals surface area contributed by atoms with Gasteiger partial charge >= 0.3 is 0 Å². The highest BCUT2D eigenvalue weighted by molar-refractivity contribution is 6.04. The molecule has 0 aliphatic carbocycles. The minimum Gasteiger partial charge on any atom is -0.383 e. The molecule has 10 heteroatoms. The summed E-state index contributed by atoms with van der Waals surface area (Å²) in [5, 5.41) is 7.62. The van der Waals surface area contributed by atoms with Gasteiger partial charge in [0.1, 0.15) is 17.5 Å². The second kappa shape index (κ2) is 9.95. The van der Waals surface area contributed by atoms with Gasteiger partial charge in [-0.2, -0.15) is 10.1 Å². The normalized spacial score (nSPS) is 15.6. The topological polar surface area (TPSA) is 88.4 Å². The summed E-state index contributed by atoms with van der Waals surface area (Å²) in [5.74, 6) is 0.959. The van der Waals surface area contributed by atoms with E-state index in [1.54, 1.807) is 48.3 Å². The number of benzene rings is 1. The molecule has 4 rings (SSSR count). The largest absolute Gasteiger partial charge is 0.383 e. The van der Waals surface area contributed by atoms with Crippen LogP contribution in [0.5, 0.6) is 0 Å². The number of ether oxygens (including phenoxy) is 1. The predicted octanol–water partition coefficient (Wildman–Crippen LogP) is 2.68. The van der Waals surface area contributed by atoms with Gasteiger partial charge in [0, 0.05) is 39.0 Å². The highest BCUT2D eigenvalue weighted by atomic mass is 19.1. The van der Waals surface area contributed by atoms with E-state index in [4.69, 9.17) is 9.72 Å². The van der Waals surface area contributed by atoms with Crippen molar-refractivity contribution in [3.8, 4) is 0 Å². The van der Waals surface area contributed by atoms with Gasteiger partial charge in [0.15, 0.2) is 5.82 Å². The molecule has 0 bridgehead atoms. The fraction of sp³-hybridized carbons (Fsp3) is 0.391. The Morgan fingerprint density at radius 3 is 2.70 bits per heavy atom. The Morgan fingerprint density at radius 1 is 1.18 bits per heavy atom. The van der Waals surface area contributed by atoms with Gasteiger partial charge in [0.2, 0.25) is 11.9 Å². The zero-order chi connectivity index (χ0) is 23.4. The average molecular weight is 454 g/mol. The molecule has 174 valence electrons. The fourth-order valence-electron chi connectivity index (χ4n) is 3.91. The second-order valence-corrected chi connectivity index (χ2v) is 7.94. The molecule has 1 N–H and O–H groups in total. The number of methoxy groups -OCH3 is 1. The molecule has 3 aromatic rings. The molecule has 2 aromatic heterocycles. The van der Waals surface area contributed by atoms with Crippen LogP contribution in [0.3, 0.4) is 0 Å². The first-order valence-corrected chi connectivity index (χ1v) is 10.9. The number of fused-ring (bicyclic) bond motifs is 1. The van der Waals surface area contributed by atoms with E-state index in [0.717, 1.165) is 11.1 Å². The van der Waals surface area contributed by atoms with Gasteiger partial charge in [-0.3, -0.25) is 9.48 Å². The first kappa shape index (κ1) is 22.7. The molecule has 9 nitrogen and oxygen atoms in total. The van der Waals surface area contributed by atoms with Gasteiger partial charge in [-0.25, -0.2) is 9.37 Å². The minimum atomic E-state index is -0.287. The van der Waals surface area contributed by atoms with Crippen molar-refractivity contribution in [1.29, 1.82) is 0 Å². The average Bonchev–Trinajstić information content (AvgIpc) is 3.27. The van der Waals surface area contributed by atoms with Gasteiger partial charge in [0.05, 0.1) is 25.5 Å². The van der Waals surface area contributed by atoms with E-state index in [1.165, 1.54) is 12.1 Å². The molecule has 0 fully saturated rings. The van der Waals surface area contributed by atoms with Crippen molar-refractivity contribution in [2.24, 2.45) is 0 Å². The first-order valence-electron chi connectivity index (χ1n) is 10.9. The lowest BCUT2D eigenvalue weighted by atomic mass is 10.1. The number of amides is 1. The molecule has 1 aliphatic heterocycles. The number of hydrogen-bond donors (Lipinski definition) is 1. The van der Waals surface area contributed by atoms with Crippen LogP contribution in [0.15, 0.2) is 42.9 Å². The maximum absolute atomic E-state index is 13.1. The summed E-state index contributed by atoms with van der Waals surface area (Å²) < 4.78 is 20.1. The standard InChI is InChI=1S/C23H28FN7O2/c1-4-19-22(32)29(2)20-13-26-23(28-21(20)31(19)9-10-33-3)25-11-17-12-27-30(15-17)14-16-5-7-18(24)8-6-16/h5-8,12-13,15,19H,4,9-11,14H2,1-3H3,(H,25,26,28)/t19-/m1/s1. The Bertz CT molecular complexity index is 1100. The van der Waals surface area contributed by atoms with Crippen molar-refractivity contribution >= 4 is 23.4 Å². The number of nitrogens with zero attached hydrogens (tertiary/aromatic N) is 6. The zero-order valence-corrected chi connectivity index (χ0v) is 19.0. The number of halogens is 1. The van der Waals surface area contributed by atoms with Crippen molar-refractivity contribution < 1.29 is 13.9 Å². The molecular formula is C23H28FN7O2. The number of carbonyl (C=O) groups is 1. The molecule has 0 saturated heterocycles. The summed E-state index contributed by atoms with van der Waals surface area (Å²) in [6.07, 6.45) is 6.05. The van der Waals surface area contributed by atoms with Crippen molar-refractivity contribution in [3.05, 3.63) is 59.8 Å². The Hall–Kier alpha value is -3.53. The first-order chi connectivity index (χ1) is 16.0. The Balaban J connectivity index is 1.47. The Morgan fingerprint density at radius 2 is 1.97 bits per heavy atom. The number of nitrogens with one attached hydrogen (secondary N) is 1. The number of likely N-dealkylation sites (N-methyl/N-ethyl adjacent to an activating group) is 1. The Labute approximate surface area is 192 Å². The van der Waals surface area contributed by atoms with Gasteiger partial charge in [-0.1, -0.05) is 19.1 Å². The molecule has 1 amide bonds. The maximum Gasteiger partial charge on any atom is 0.249 e. The van der Waals surface area contributed by atoms with Crippen molar-refractivity contribution in [2.75, 3.05) is 42.4 Å². The number of anilines is 3. The fourth-order valence-corrected chi connectivity index (χ4v) is 3.91. The van der Waals surface area contributed by atoms with Crippen LogP contribution in [-0.2, 0) is 22.6 Å². The number of carbonyl (C=O) groups excluding carboxylic acids is 1. The van der Waals surface area contributed by atoms with E-state index in [0.29, 0.717) is 50.1 Å². The van der Waals surface area contributed by atoms with E-state index in [9.17, 15) is 9.18 Å². The Kier molecular flexibility index (Phi) is 6.83. The summed E-state index contributed by atoms with van der Waals surface area (Å²) >= 11 is 0. The molecule has 33 heavy (non-hydrogen) atoms. The van der Waals surface area contributed by atoms with Crippen LogP contribution in [-0.4, -0.2) is 59.0 Å². The van der Waals surface area contributed by atoms with Crippen LogP contribution in [0.4, 0.5) is 21.8 Å². The predicted molar refractivity (Wildman–Crippen MR) is 124 cm³/mol. The quantitative estimate of drug-likeness (QED) is 0.533. The maximum atomic E-state index is 13.1. The van der Waals surface area contributed by atoms with Crippen molar-refractivity contribution in [3.63, 3.8) is 0 Å². The van der Waals surface area contributed by atoms with Crippen LogP contribution in [0.1, 0.15) is 24.5 Å².